The highest BCUT2D eigenvalue weighted by atomic mass is 16.4. The zero-order valence-corrected chi connectivity index (χ0v) is 8.56. The van der Waals surface area contributed by atoms with E-state index in [-0.39, 0.29) is 25.1 Å². The summed E-state index contributed by atoms with van der Waals surface area (Å²) in [6.07, 6.45) is 0.353. The number of hydrogen-bond acceptors (Lipinski definition) is 5. The van der Waals surface area contributed by atoms with Crippen LogP contribution >= 0.6 is 0 Å². The number of rotatable bonds is 6. The number of nitrogens with zero attached hydrogens (tertiary/aromatic N) is 1. The number of hydrogen-bond donors (Lipinski definition) is 5. The van der Waals surface area contributed by atoms with Crippen LogP contribution in [-0.4, -0.2) is 46.1 Å². The van der Waals surface area contributed by atoms with Crippen LogP contribution in [0.2, 0.25) is 0 Å². The van der Waals surface area contributed by atoms with Crippen LogP contribution in [-0.2, 0) is 0 Å². The van der Waals surface area contributed by atoms with Gasteiger partial charge in [0.1, 0.15) is 5.84 Å². The van der Waals surface area contributed by atoms with Crippen LogP contribution in [0.5, 0.6) is 0 Å². The fourth-order valence-electron chi connectivity index (χ4n) is 1.14. The summed E-state index contributed by atoms with van der Waals surface area (Å²) in [5, 5.41) is 32.1. The first-order chi connectivity index (χ1) is 6.47. The van der Waals surface area contributed by atoms with Gasteiger partial charge in [0.05, 0.1) is 18.8 Å². The second-order valence-corrected chi connectivity index (χ2v) is 3.72. The maximum Gasteiger partial charge on any atom is 0.140 e. The van der Waals surface area contributed by atoms with E-state index in [9.17, 15) is 0 Å². The second kappa shape index (κ2) is 5.79. The van der Waals surface area contributed by atoms with Crippen LogP contribution in [0.1, 0.15) is 20.3 Å². The lowest BCUT2D eigenvalue weighted by atomic mass is 10.0. The third-order valence-electron chi connectivity index (χ3n) is 1.94. The molecule has 1 unspecified atom stereocenters. The van der Waals surface area contributed by atoms with E-state index >= 15 is 0 Å². The van der Waals surface area contributed by atoms with Gasteiger partial charge in [-0.2, -0.15) is 0 Å². The van der Waals surface area contributed by atoms with Crippen LogP contribution in [0.4, 0.5) is 0 Å². The van der Waals surface area contributed by atoms with Crippen molar-refractivity contribution >= 4 is 5.84 Å². The molecule has 0 spiro atoms. The molecule has 6 N–H and O–H groups in total. The largest absolute Gasteiger partial charge is 0.409 e. The lowest BCUT2D eigenvalue weighted by Gasteiger charge is -2.30. The summed E-state index contributed by atoms with van der Waals surface area (Å²) < 4.78 is 0. The first kappa shape index (κ1) is 13.2. The van der Waals surface area contributed by atoms with E-state index < -0.39 is 5.54 Å². The molecule has 1 atom stereocenters. The Morgan fingerprint density at radius 3 is 2.36 bits per heavy atom. The minimum atomic E-state index is -0.741. The van der Waals surface area contributed by atoms with E-state index in [2.05, 4.69) is 10.5 Å². The Hall–Kier alpha value is -0.850. The molecule has 0 amide bonds. The Morgan fingerprint density at radius 2 is 2.00 bits per heavy atom. The molecule has 0 radical (unpaired) electrons. The second-order valence-electron chi connectivity index (χ2n) is 3.72. The summed E-state index contributed by atoms with van der Waals surface area (Å²) in [7, 11) is 0. The summed E-state index contributed by atoms with van der Waals surface area (Å²) in [6.45, 7) is 3.16. The van der Waals surface area contributed by atoms with Gasteiger partial charge in [-0.15, -0.1) is 0 Å². The first-order valence-corrected chi connectivity index (χ1v) is 4.43. The van der Waals surface area contributed by atoms with E-state index in [4.69, 9.17) is 21.2 Å². The van der Waals surface area contributed by atoms with E-state index in [0.717, 1.165) is 0 Å². The molecule has 0 aliphatic rings. The Kier molecular flexibility index (Phi) is 5.44. The molecule has 0 saturated heterocycles. The number of nitrogens with two attached hydrogens (primary N) is 1. The van der Waals surface area contributed by atoms with Gasteiger partial charge in [0.25, 0.3) is 0 Å². The standard InChI is InChI=1S/C8H19N3O3/c1-6(3-7(9)11-14)10-8(2,4-12)5-13/h6,10,12-14H,3-5H2,1-2H3,(H2,9,11). The van der Waals surface area contributed by atoms with Gasteiger partial charge in [0, 0.05) is 12.5 Å². The van der Waals surface area contributed by atoms with Gasteiger partial charge in [-0.3, -0.25) is 0 Å². The van der Waals surface area contributed by atoms with Crippen molar-refractivity contribution in [1.82, 2.24) is 5.32 Å². The zero-order valence-electron chi connectivity index (χ0n) is 8.56. The summed E-state index contributed by atoms with van der Waals surface area (Å²) >= 11 is 0. The van der Waals surface area contributed by atoms with E-state index in [1.165, 1.54) is 0 Å². The SMILES string of the molecule is CC(CC(N)=NO)NC(C)(CO)CO. The molecular weight excluding hydrogens is 186 g/mol. The Labute approximate surface area is 83.4 Å². The number of nitrogens with one attached hydrogen (secondary N) is 1. The fraction of sp³-hybridized carbons (Fsp3) is 0.875. The quantitative estimate of drug-likeness (QED) is 0.163. The molecule has 84 valence electrons. The molecule has 0 rings (SSSR count). The van der Waals surface area contributed by atoms with E-state index in [1.54, 1.807) is 6.92 Å². The number of aliphatic hydroxyl groups excluding tert-OH is 2. The minimum absolute atomic E-state index is 0.0878. The molecule has 0 aromatic rings. The molecule has 0 saturated carbocycles. The number of aliphatic hydroxyl groups is 2. The van der Waals surface area contributed by atoms with E-state index in [0.29, 0.717) is 6.42 Å². The minimum Gasteiger partial charge on any atom is -0.409 e. The van der Waals surface area contributed by atoms with Crippen molar-refractivity contribution in [1.29, 1.82) is 0 Å². The molecule has 6 heteroatoms. The average Bonchev–Trinajstić information content (AvgIpc) is 2.17. The third kappa shape index (κ3) is 4.40. The van der Waals surface area contributed by atoms with Crippen molar-refractivity contribution in [2.75, 3.05) is 13.2 Å². The zero-order chi connectivity index (χ0) is 11.2. The monoisotopic (exact) mass is 205 g/mol. The highest BCUT2D eigenvalue weighted by Crippen LogP contribution is 2.04. The van der Waals surface area contributed by atoms with Crippen molar-refractivity contribution in [3.63, 3.8) is 0 Å². The molecular formula is C8H19N3O3. The van der Waals surface area contributed by atoms with E-state index in [1.807, 2.05) is 6.92 Å². The maximum absolute atomic E-state index is 8.99. The first-order valence-electron chi connectivity index (χ1n) is 4.43. The number of amidine groups is 1. The van der Waals surface area contributed by atoms with Gasteiger partial charge in [-0.1, -0.05) is 5.16 Å². The average molecular weight is 205 g/mol. The molecule has 0 aromatic carbocycles. The van der Waals surface area contributed by atoms with Gasteiger partial charge in [0.15, 0.2) is 0 Å². The smallest absolute Gasteiger partial charge is 0.140 e. The van der Waals surface area contributed by atoms with Gasteiger partial charge >= 0.3 is 0 Å². The predicted molar refractivity (Wildman–Crippen MR) is 53.2 cm³/mol. The lowest BCUT2D eigenvalue weighted by Crippen LogP contribution is -2.53. The molecule has 0 aliphatic heterocycles. The molecule has 0 bridgehead atoms. The van der Waals surface area contributed by atoms with Crippen LogP contribution < -0.4 is 11.1 Å². The van der Waals surface area contributed by atoms with Crippen molar-refractivity contribution in [2.45, 2.75) is 31.8 Å². The summed E-state index contributed by atoms with van der Waals surface area (Å²) in [5.74, 6) is 0.114. The number of oxime groups is 1. The third-order valence-corrected chi connectivity index (χ3v) is 1.94. The van der Waals surface area contributed by atoms with Crippen LogP contribution in [0, 0.1) is 0 Å². The van der Waals surface area contributed by atoms with Gasteiger partial charge < -0.3 is 26.5 Å². The maximum atomic E-state index is 8.99. The molecule has 0 heterocycles. The van der Waals surface area contributed by atoms with Crippen molar-refractivity contribution in [3.8, 4) is 0 Å². The van der Waals surface area contributed by atoms with Crippen LogP contribution in [0.3, 0.4) is 0 Å². The van der Waals surface area contributed by atoms with Crippen molar-refractivity contribution < 1.29 is 15.4 Å². The topological polar surface area (TPSA) is 111 Å². The fourth-order valence-corrected chi connectivity index (χ4v) is 1.14. The summed E-state index contributed by atoms with van der Waals surface area (Å²) in [5.41, 5.74) is 4.57. The van der Waals surface area contributed by atoms with Crippen LogP contribution in [0.25, 0.3) is 0 Å². The molecule has 0 aliphatic carbocycles. The van der Waals surface area contributed by atoms with Gasteiger partial charge in [-0.05, 0) is 13.8 Å². The van der Waals surface area contributed by atoms with Gasteiger partial charge in [0.2, 0.25) is 0 Å². The predicted octanol–water partition coefficient (Wildman–Crippen LogP) is -1.16. The lowest BCUT2D eigenvalue weighted by molar-refractivity contribution is 0.0963. The van der Waals surface area contributed by atoms with Gasteiger partial charge in [-0.25, -0.2) is 0 Å². The summed E-state index contributed by atoms with van der Waals surface area (Å²) in [4.78, 5) is 0. The Morgan fingerprint density at radius 1 is 1.50 bits per heavy atom. The summed E-state index contributed by atoms with van der Waals surface area (Å²) in [6, 6.07) is -0.0878. The van der Waals surface area contributed by atoms with Crippen LogP contribution in [0.15, 0.2) is 5.16 Å². The molecule has 0 aromatic heterocycles. The van der Waals surface area contributed by atoms with Crippen molar-refractivity contribution in [3.05, 3.63) is 0 Å². The molecule has 14 heavy (non-hydrogen) atoms. The highest BCUT2D eigenvalue weighted by Gasteiger charge is 2.24. The normalized spacial score (nSPS) is 15.6. The van der Waals surface area contributed by atoms with Crippen molar-refractivity contribution in [2.24, 2.45) is 10.9 Å². The Balaban J connectivity index is 4.10. The molecule has 0 fully saturated rings. The highest BCUT2D eigenvalue weighted by molar-refractivity contribution is 5.80. The Bertz CT molecular complexity index is 192. The molecule has 6 nitrogen and oxygen atoms in total.